The number of fused-ring (bicyclic) bond motifs is 4. The van der Waals surface area contributed by atoms with E-state index in [-0.39, 0.29) is 5.41 Å². The monoisotopic (exact) mass is 521 g/mol. The van der Waals surface area contributed by atoms with Gasteiger partial charge in [-0.3, -0.25) is 0 Å². The maximum atomic E-state index is 6.11. The average molecular weight is 522 g/mol. The third-order valence-corrected chi connectivity index (χ3v) is 7.64. The van der Waals surface area contributed by atoms with Gasteiger partial charge in [0.2, 0.25) is 23.2 Å². The van der Waals surface area contributed by atoms with Gasteiger partial charge in [-0.15, -0.1) is 0 Å². The molecule has 0 fully saturated rings. The highest BCUT2D eigenvalue weighted by molar-refractivity contribution is 5.89. The molecule has 0 spiro atoms. The Balaban J connectivity index is 1.40. The van der Waals surface area contributed by atoms with E-state index < -0.39 is 0 Å². The summed E-state index contributed by atoms with van der Waals surface area (Å²) in [5.41, 5.74) is 9.47. The smallest absolute Gasteiger partial charge is 0.247 e. The van der Waals surface area contributed by atoms with Gasteiger partial charge in [-0.1, -0.05) is 50.2 Å². The van der Waals surface area contributed by atoms with Crippen LogP contribution in [0.1, 0.15) is 25.0 Å². The molecule has 0 unspecified atom stereocenters. The number of oxazole rings is 2. The Hall–Kier alpha value is -5.30. The molecular formula is C33H23N5O2. The molecule has 0 radical (unpaired) electrons. The largest absolute Gasteiger partial charge is 0.418 e. The molecule has 1 aliphatic heterocycles. The Kier molecular flexibility index (Phi) is 4.73. The van der Waals surface area contributed by atoms with Crippen LogP contribution in [0.5, 0.6) is 0 Å². The molecule has 7 aromatic rings. The number of anilines is 3. The van der Waals surface area contributed by atoms with Gasteiger partial charge in [0, 0.05) is 34.6 Å². The summed E-state index contributed by atoms with van der Waals surface area (Å²) in [6, 6.07) is 30.8. The fraction of sp³-hybridized carbons (Fsp3) is 0.0909. The zero-order valence-corrected chi connectivity index (χ0v) is 21.9. The van der Waals surface area contributed by atoms with Crippen molar-refractivity contribution in [3.8, 4) is 22.9 Å². The Morgan fingerprint density at radius 3 is 1.60 bits per heavy atom. The van der Waals surface area contributed by atoms with Gasteiger partial charge in [0.1, 0.15) is 11.0 Å². The number of aromatic nitrogens is 4. The highest BCUT2D eigenvalue weighted by atomic mass is 16.4. The Labute approximate surface area is 229 Å². The molecule has 3 aromatic carbocycles. The van der Waals surface area contributed by atoms with Gasteiger partial charge in [0.15, 0.2) is 0 Å². The minimum Gasteiger partial charge on any atom is -0.418 e. The Morgan fingerprint density at radius 1 is 0.600 bits per heavy atom. The molecule has 0 N–H and O–H groups in total. The van der Waals surface area contributed by atoms with Gasteiger partial charge < -0.3 is 13.7 Å². The van der Waals surface area contributed by atoms with E-state index in [9.17, 15) is 0 Å². The fourth-order valence-electron chi connectivity index (χ4n) is 5.72. The summed E-state index contributed by atoms with van der Waals surface area (Å²) in [4.78, 5) is 20.5. The maximum Gasteiger partial charge on any atom is 0.247 e. The fourth-order valence-corrected chi connectivity index (χ4v) is 5.72. The van der Waals surface area contributed by atoms with Crippen molar-refractivity contribution in [1.82, 2.24) is 19.9 Å². The van der Waals surface area contributed by atoms with Crippen molar-refractivity contribution in [1.29, 1.82) is 0 Å². The summed E-state index contributed by atoms with van der Waals surface area (Å²) in [6.07, 6.45) is 3.40. The second-order valence-corrected chi connectivity index (χ2v) is 10.5. The number of hydrogen-bond acceptors (Lipinski definition) is 7. The lowest BCUT2D eigenvalue weighted by molar-refractivity contribution is 0.605. The van der Waals surface area contributed by atoms with Crippen LogP contribution in [-0.4, -0.2) is 19.9 Å². The van der Waals surface area contributed by atoms with Crippen LogP contribution in [0.4, 0.5) is 17.1 Å². The highest BCUT2D eigenvalue weighted by Crippen LogP contribution is 2.52. The standard InChI is InChI=1S/C33H23N5O2/c1-33(2)23-9-3-5-13-27(23)38(28-14-6-4-10-24(28)33)22-18-20(29-36-25-11-7-15-34-31(25)39-29)17-21(19-22)30-37-26-12-8-16-35-32(26)40-30/h3-19H,1-2H3. The first-order chi connectivity index (χ1) is 19.6. The lowest BCUT2D eigenvalue weighted by atomic mass is 9.73. The molecule has 0 amide bonds. The van der Waals surface area contributed by atoms with Crippen LogP contribution in [0.15, 0.2) is 112 Å². The number of pyridine rings is 2. The molecule has 0 atom stereocenters. The molecule has 192 valence electrons. The van der Waals surface area contributed by atoms with E-state index in [1.807, 2.05) is 30.3 Å². The molecule has 5 heterocycles. The molecule has 7 heteroatoms. The molecule has 0 bridgehead atoms. The maximum absolute atomic E-state index is 6.11. The van der Waals surface area contributed by atoms with E-state index in [2.05, 4.69) is 89.4 Å². The number of rotatable bonds is 3. The predicted molar refractivity (Wildman–Crippen MR) is 155 cm³/mol. The molecule has 7 nitrogen and oxygen atoms in total. The molecular weight excluding hydrogens is 498 g/mol. The van der Waals surface area contributed by atoms with Gasteiger partial charge in [-0.2, -0.15) is 0 Å². The van der Waals surface area contributed by atoms with Gasteiger partial charge in [0.25, 0.3) is 0 Å². The van der Waals surface area contributed by atoms with Crippen molar-refractivity contribution in [3.05, 3.63) is 115 Å². The third-order valence-electron chi connectivity index (χ3n) is 7.64. The van der Waals surface area contributed by atoms with E-state index in [0.717, 1.165) is 28.2 Å². The minimum absolute atomic E-state index is 0.165. The lowest BCUT2D eigenvalue weighted by Crippen LogP contribution is -2.30. The minimum atomic E-state index is -0.165. The zero-order valence-electron chi connectivity index (χ0n) is 21.9. The highest BCUT2D eigenvalue weighted by Gasteiger charge is 2.36. The summed E-state index contributed by atoms with van der Waals surface area (Å²) in [7, 11) is 0. The summed E-state index contributed by atoms with van der Waals surface area (Å²) in [6.45, 7) is 4.56. The molecule has 4 aromatic heterocycles. The van der Waals surface area contributed by atoms with Crippen LogP contribution in [-0.2, 0) is 5.41 Å². The van der Waals surface area contributed by atoms with Crippen LogP contribution < -0.4 is 4.90 Å². The summed E-state index contributed by atoms with van der Waals surface area (Å²) in [5.74, 6) is 0.954. The normalized spacial score (nSPS) is 13.9. The van der Waals surface area contributed by atoms with Gasteiger partial charge in [-0.05, 0) is 65.7 Å². The average Bonchev–Trinajstić information content (AvgIpc) is 3.62. The van der Waals surface area contributed by atoms with Gasteiger partial charge >= 0.3 is 0 Å². The molecule has 8 rings (SSSR count). The van der Waals surface area contributed by atoms with Crippen LogP contribution >= 0.6 is 0 Å². The van der Waals surface area contributed by atoms with E-state index >= 15 is 0 Å². The summed E-state index contributed by atoms with van der Waals surface area (Å²) in [5, 5.41) is 0. The van der Waals surface area contributed by atoms with E-state index in [4.69, 9.17) is 18.8 Å². The van der Waals surface area contributed by atoms with Crippen molar-refractivity contribution in [3.63, 3.8) is 0 Å². The first kappa shape index (κ1) is 22.7. The Bertz CT molecular complexity index is 1870. The van der Waals surface area contributed by atoms with Crippen LogP contribution in [0.3, 0.4) is 0 Å². The van der Waals surface area contributed by atoms with E-state index in [1.165, 1.54) is 11.1 Å². The second-order valence-electron chi connectivity index (χ2n) is 10.5. The van der Waals surface area contributed by atoms with Crippen LogP contribution in [0.2, 0.25) is 0 Å². The SMILES string of the molecule is CC1(C)c2ccccc2N(c2cc(-c3nc4cccnc4o3)cc(-c3nc4cccnc4o3)c2)c2ccccc21. The van der Waals surface area contributed by atoms with Gasteiger partial charge in [0.05, 0.1) is 11.4 Å². The van der Waals surface area contributed by atoms with Crippen molar-refractivity contribution in [2.75, 3.05) is 4.90 Å². The first-order valence-corrected chi connectivity index (χ1v) is 13.1. The number of benzene rings is 3. The molecule has 40 heavy (non-hydrogen) atoms. The molecule has 0 aliphatic carbocycles. The summed E-state index contributed by atoms with van der Waals surface area (Å²) < 4.78 is 12.2. The first-order valence-electron chi connectivity index (χ1n) is 13.1. The van der Waals surface area contributed by atoms with Crippen LogP contribution in [0, 0.1) is 0 Å². The lowest BCUT2D eigenvalue weighted by Gasteiger charge is -2.42. The number of hydrogen-bond donors (Lipinski definition) is 0. The number of para-hydroxylation sites is 2. The van der Waals surface area contributed by atoms with Crippen LogP contribution in [0.25, 0.3) is 45.4 Å². The molecule has 0 saturated carbocycles. The van der Waals surface area contributed by atoms with Crippen molar-refractivity contribution < 1.29 is 8.83 Å². The summed E-state index contributed by atoms with van der Waals surface area (Å²) >= 11 is 0. The van der Waals surface area contributed by atoms with Crippen molar-refractivity contribution in [2.45, 2.75) is 19.3 Å². The second kappa shape index (κ2) is 8.35. The quantitative estimate of drug-likeness (QED) is 0.232. The predicted octanol–water partition coefficient (Wildman–Crippen LogP) is 8.20. The Morgan fingerprint density at radius 2 is 1.10 bits per heavy atom. The number of nitrogens with zero attached hydrogens (tertiary/aromatic N) is 5. The topological polar surface area (TPSA) is 81.1 Å². The molecule has 1 aliphatic rings. The van der Waals surface area contributed by atoms with E-state index in [1.54, 1.807) is 12.4 Å². The molecule has 0 saturated heterocycles. The van der Waals surface area contributed by atoms with Gasteiger partial charge in [-0.25, -0.2) is 19.9 Å². The van der Waals surface area contributed by atoms with E-state index in [0.29, 0.717) is 34.2 Å². The third kappa shape index (κ3) is 3.37. The van der Waals surface area contributed by atoms with Crippen molar-refractivity contribution >= 4 is 39.5 Å². The zero-order chi connectivity index (χ0) is 26.8. The van der Waals surface area contributed by atoms with Crippen molar-refractivity contribution in [2.24, 2.45) is 0 Å².